The molecule has 2 rings (SSSR count). The summed E-state index contributed by atoms with van der Waals surface area (Å²) in [5.74, 6) is -0.293. The first kappa shape index (κ1) is 13.1. The second kappa shape index (κ2) is 5.11. The van der Waals surface area contributed by atoms with Crippen LogP contribution in [0.4, 0.5) is 0 Å². The van der Waals surface area contributed by atoms with Crippen LogP contribution in [0.15, 0.2) is 24.3 Å². The molecule has 1 aliphatic rings. The molecule has 0 unspecified atom stereocenters. The predicted octanol–water partition coefficient (Wildman–Crippen LogP) is 2.51. The summed E-state index contributed by atoms with van der Waals surface area (Å²) in [7, 11) is 0. The Morgan fingerprint density at radius 1 is 1.22 bits per heavy atom. The summed E-state index contributed by atoms with van der Waals surface area (Å²) in [6, 6.07) is 8.31. The van der Waals surface area contributed by atoms with Gasteiger partial charge in [0.15, 0.2) is 0 Å². The fraction of sp³-hybridized carbons (Fsp3) is 0.533. The summed E-state index contributed by atoms with van der Waals surface area (Å²) in [6.07, 6.45) is 1.88. The molecule has 3 nitrogen and oxygen atoms in total. The van der Waals surface area contributed by atoms with Crippen molar-refractivity contribution < 1.29 is 14.3 Å². The molecule has 0 N–H and O–H groups in total. The first-order valence-electron chi connectivity index (χ1n) is 6.34. The number of fused-ring (bicyclic) bond motifs is 1. The quantitative estimate of drug-likeness (QED) is 0.771. The van der Waals surface area contributed by atoms with E-state index in [1.165, 1.54) is 11.1 Å². The number of carbonyl (C=O) groups excluding carboxylic acids is 1. The molecule has 0 radical (unpaired) electrons. The third-order valence-corrected chi connectivity index (χ3v) is 2.87. The normalized spacial score (nSPS) is 15.5. The summed E-state index contributed by atoms with van der Waals surface area (Å²) in [5, 5.41) is 0. The van der Waals surface area contributed by atoms with E-state index in [1.807, 2.05) is 32.9 Å². The molecular formula is C15H20O3. The van der Waals surface area contributed by atoms with Crippen LogP contribution in [0.2, 0.25) is 0 Å². The van der Waals surface area contributed by atoms with Gasteiger partial charge in [0, 0.05) is 0 Å². The van der Waals surface area contributed by atoms with Gasteiger partial charge in [-0.05, 0) is 44.7 Å². The number of benzene rings is 1. The first-order valence-corrected chi connectivity index (χ1v) is 6.34. The minimum atomic E-state index is -0.445. The van der Waals surface area contributed by atoms with Crippen LogP contribution in [-0.2, 0) is 27.1 Å². The third kappa shape index (κ3) is 3.57. The molecule has 0 saturated heterocycles. The van der Waals surface area contributed by atoms with E-state index < -0.39 is 5.60 Å². The Bertz CT molecular complexity index is 407. The largest absolute Gasteiger partial charge is 0.458 e. The molecule has 0 heterocycles. The van der Waals surface area contributed by atoms with Crippen molar-refractivity contribution in [1.82, 2.24) is 0 Å². The summed E-state index contributed by atoms with van der Waals surface area (Å²) in [6.45, 7) is 5.61. The minimum absolute atomic E-state index is 0.0376. The summed E-state index contributed by atoms with van der Waals surface area (Å²) >= 11 is 0. The maximum Gasteiger partial charge on any atom is 0.332 e. The number of hydrogen-bond acceptors (Lipinski definition) is 3. The van der Waals surface area contributed by atoms with E-state index in [1.54, 1.807) is 0 Å². The Morgan fingerprint density at radius 3 is 2.28 bits per heavy atom. The SMILES string of the molecule is CC(C)(C)OC(=O)COC1Cc2ccccc2C1. The maximum absolute atomic E-state index is 11.5. The van der Waals surface area contributed by atoms with Crippen LogP contribution >= 0.6 is 0 Å². The van der Waals surface area contributed by atoms with Gasteiger partial charge < -0.3 is 9.47 Å². The van der Waals surface area contributed by atoms with Crippen molar-refractivity contribution in [3.05, 3.63) is 35.4 Å². The molecule has 1 aromatic rings. The van der Waals surface area contributed by atoms with Crippen molar-refractivity contribution in [2.45, 2.75) is 45.3 Å². The highest BCUT2D eigenvalue weighted by Gasteiger charge is 2.23. The highest BCUT2D eigenvalue weighted by atomic mass is 16.6. The lowest BCUT2D eigenvalue weighted by molar-refractivity contribution is -0.162. The van der Waals surface area contributed by atoms with E-state index in [2.05, 4.69) is 12.1 Å². The standard InChI is InChI=1S/C15H20O3/c1-15(2,3)18-14(16)10-17-13-8-11-6-4-5-7-12(11)9-13/h4-7,13H,8-10H2,1-3H3. The molecule has 18 heavy (non-hydrogen) atoms. The monoisotopic (exact) mass is 248 g/mol. The van der Waals surface area contributed by atoms with Crippen LogP contribution in [0.5, 0.6) is 0 Å². The van der Waals surface area contributed by atoms with Crippen molar-refractivity contribution in [3.8, 4) is 0 Å². The van der Waals surface area contributed by atoms with Gasteiger partial charge in [0.05, 0.1) is 6.10 Å². The third-order valence-electron chi connectivity index (χ3n) is 2.87. The molecule has 0 spiro atoms. The molecule has 1 aliphatic carbocycles. The average molecular weight is 248 g/mol. The molecule has 0 fully saturated rings. The molecule has 0 atom stereocenters. The summed E-state index contributed by atoms with van der Waals surface area (Å²) < 4.78 is 10.8. The van der Waals surface area contributed by atoms with E-state index in [0.717, 1.165) is 12.8 Å². The first-order chi connectivity index (χ1) is 8.44. The lowest BCUT2D eigenvalue weighted by Gasteiger charge is -2.20. The minimum Gasteiger partial charge on any atom is -0.458 e. The molecule has 0 bridgehead atoms. The molecule has 98 valence electrons. The molecule has 3 heteroatoms. The fourth-order valence-electron chi connectivity index (χ4n) is 2.19. The van der Waals surface area contributed by atoms with E-state index in [-0.39, 0.29) is 18.7 Å². The van der Waals surface area contributed by atoms with Crippen LogP contribution in [0.1, 0.15) is 31.9 Å². The van der Waals surface area contributed by atoms with Crippen molar-refractivity contribution in [2.75, 3.05) is 6.61 Å². The average Bonchev–Trinajstić information content (AvgIpc) is 2.66. The van der Waals surface area contributed by atoms with Crippen LogP contribution in [0.3, 0.4) is 0 Å². The molecule has 0 amide bonds. The second-order valence-electron chi connectivity index (χ2n) is 5.70. The Morgan fingerprint density at radius 2 is 1.78 bits per heavy atom. The van der Waals surface area contributed by atoms with Crippen LogP contribution in [-0.4, -0.2) is 24.3 Å². The van der Waals surface area contributed by atoms with Gasteiger partial charge >= 0.3 is 5.97 Å². The summed E-state index contributed by atoms with van der Waals surface area (Å²) in [4.78, 5) is 11.5. The Labute approximate surface area is 108 Å². The second-order valence-corrected chi connectivity index (χ2v) is 5.70. The van der Waals surface area contributed by atoms with Crippen molar-refractivity contribution in [1.29, 1.82) is 0 Å². The molecule has 0 saturated carbocycles. The topological polar surface area (TPSA) is 35.5 Å². The van der Waals surface area contributed by atoms with Gasteiger partial charge in [0.1, 0.15) is 12.2 Å². The zero-order valence-electron chi connectivity index (χ0n) is 11.2. The van der Waals surface area contributed by atoms with E-state index in [4.69, 9.17) is 9.47 Å². The lowest BCUT2D eigenvalue weighted by atomic mass is 10.1. The smallest absolute Gasteiger partial charge is 0.332 e. The van der Waals surface area contributed by atoms with Gasteiger partial charge in [-0.1, -0.05) is 24.3 Å². The van der Waals surface area contributed by atoms with Crippen LogP contribution < -0.4 is 0 Å². The maximum atomic E-state index is 11.5. The van der Waals surface area contributed by atoms with E-state index >= 15 is 0 Å². The van der Waals surface area contributed by atoms with Crippen LogP contribution in [0.25, 0.3) is 0 Å². The zero-order chi connectivity index (χ0) is 13.2. The van der Waals surface area contributed by atoms with E-state index in [9.17, 15) is 4.79 Å². The van der Waals surface area contributed by atoms with Gasteiger partial charge in [-0.3, -0.25) is 0 Å². The fourth-order valence-corrected chi connectivity index (χ4v) is 2.19. The number of rotatable bonds is 3. The highest BCUT2D eigenvalue weighted by molar-refractivity contribution is 5.71. The number of ether oxygens (including phenoxy) is 2. The summed E-state index contributed by atoms with van der Waals surface area (Å²) in [5.41, 5.74) is 2.21. The van der Waals surface area contributed by atoms with Crippen molar-refractivity contribution in [2.24, 2.45) is 0 Å². The number of carbonyl (C=O) groups is 1. The van der Waals surface area contributed by atoms with Gasteiger partial charge in [0.2, 0.25) is 0 Å². The lowest BCUT2D eigenvalue weighted by Crippen LogP contribution is -2.28. The van der Waals surface area contributed by atoms with Crippen molar-refractivity contribution in [3.63, 3.8) is 0 Å². The predicted molar refractivity (Wildman–Crippen MR) is 69.4 cm³/mol. The number of esters is 1. The molecular weight excluding hydrogens is 228 g/mol. The van der Waals surface area contributed by atoms with Crippen molar-refractivity contribution >= 4 is 5.97 Å². The molecule has 1 aromatic carbocycles. The molecule has 0 aromatic heterocycles. The number of hydrogen-bond donors (Lipinski definition) is 0. The highest BCUT2D eigenvalue weighted by Crippen LogP contribution is 2.23. The zero-order valence-corrected chi connectivity index (χ0v) is 11.2. The Kier molecular flexibility index (Phi) is 3.71. The van der Waals surface area contributed by atoms with Gasteiger partial charge in [-0.2, -0.15) is 0 Å². The van der Waals surface area contributed by atoms with Gasteiger partial charge in [-0.25, -0.2) is 4.79 Å². The molecule has 0 aliphatic heterocycles. The van der Waals surface area contributed by atoms with E-state index in [0.29, 0.717) is 0 Å². The van der Waals surface area contributed by atoms with Crippen LogP contribution in [0, 0.1) is 0 Å². The Hall–Kier alpha value is -1.35. The van der Waals surface area contributed by atoms with Gasteiger partial charge in [0.25, 0.3) is 0 Å². The Balaban J connectivity index is 1.79. The van der Waals surface area contributed by atoms with Gasteiger partial charge in [-0.15, -0.1) is 0 Å².